The van der Waals surface area contributed by atoms with Gasteiger partial charge in [-0.05, 0) is 29.8 Å². The Morgan fingerprint density at radius 2 is 1.92 bits per heavy atom. The van der Waals surface area contributed by atoms with E-state index in [2.05, 4.69) is 0 Å². The Hall–Kier alpha value is -1.55. The highest BCUT2D eigenvalue weighted by Gasteiger charge is 2.12. The molecular formula is C8H5ClO4. The lowest BCUT2D eigenvalue weighted by atomic mass is 10.1. The summed E-state index contributed by atoms with van der Waals surface area (Å²) in [7, 11) is 0. The zero-order valence-corrected chi connectivity index (χ0v) is 7.08. The fraction of sp³-hybridized carbons (Fsp3) is 0. The summed E-state index contributed by atoms with van der Waals surface area (Å²) in [6.45, 7) is 0. The van der Waals surface area contributed by atoms with Gasteiger partial charge in [0.25, 0.3) is 5.24 Å². The summed E-state index contributed by atoms with van der Waals surface area (Å²) >= 11 is 5.12. The number of halogens is 1. The van der Waals surface area contributed by atoms with Gasteiger partial charge in [0.15, 0.2) is 0 Å². The van der Waals surface area contributed by atoms with E-state index in [0.29, 0.717) is 0 Å². The Kier molecular flexibility index (Phi) is 2.53. The second kappa shape index (κ2) is 3.45. The molecule has 0 bridgehead atoms. The Morgan fingerprint density at radius 1 is 1.31 bits per heavy atom. The van der Waals surface area contributed by atoms with E-state index in [4.69, 9.17) is 21.8 Å². The molecule has 0 atom stereocenters. The first-order valence-electron chi connectivity index (χ1n) is 3.28. The number of rotatable bonds is 2. The Balaban J connectivity index is 3.27. The van der Waals surface area contributed by atoms with E-state index in [1.807, 2.05) is 0 Å². The molecule has 1 aromatic carbocycles. The van der Waals surface area contributed by atoms with Crippen molar-refractivity contribution in [2.75, 3.05) is 0 Å². The van der Waals surface area contributed by atoms with Gasteiger partial charge in [0, 0.05) is 5.56 Å². The highest BCUT2D eigenvalue weighted by atomic mass is 35.5. The van der Waals surface area contributed by atoms with Crippen molar-refractivity contribution >= 4 is 22.8 Å². The van der Waals surface area contributed by atoms with Crippen LogP contribution in [0.3, 0.4) is 0 Å². The number of hydrogen-bond donors (Lipinski definition) is 2. The lowest BCUT2D eigenvalue weighted by Crippen LogP contribution is -1.99. The van der Waals surface area contributed by atoms with Gasteiger partial charge in [-0.2, -0.15) is 0 Å². The van der Waals surface area contributed by atoms with Gasteiger partial charge in [-0.15, -0.1) is 0 Å². The molecule has 0 radical (unpaired) electrons. The largest absolute Gasteiger partial charge is 0.507 e. The number of phenols is 1. The van der Waals surface area contributed by atoms with Crippen LogP contribution in [-0.4, -0.2) is 21.4 Å². The van der Waals surface area contributed by atoms with Crippen LogP contribution < -0.4 is 0 Å². The molecule has 1 aromatic rings. The minimum absolute atomic E-state index is 0.0388. The number of aromatic carboxylic acids is 1. The molecular weight excluding hydrogens is 196 g/mol. The number of carbonyl (C=O) groups is 2. The quantitative estimate of drug-likeness (QED) is 0.709. The summed E-state index contributed by atoms with van der Waals surface area (Å²) in [6, 6.07) is 3.38. The van der Waals surface area contributed by atoms with E-state index < -0.39 is 17.0 Å². The van der Waals surface area contributed by atoms with Gasteiger partial charge in [-0.25, -0.2) is 4.79 Å². The van der Waals surface area contributed by atoms with Crippen LogP contribution in [0.15, 0.2) is 18.2 Å². The van der Waals surface area contributed by atoms with Gasteiger partial charge in [-0.1, -0.05) is 0 Å². The second-order valence-corrected chi connectivity index (χ2v) is 2.65. The van der Waals surface area contributed by atoms with Crippen LogP contribution >= 0.6 is 11.6 Å². The first kappa shape index (κ1) is 9.54. The van der Waals surface area contributed by atoms with Crippen molar-refractivity contribution in [1.82, 2.24) is 0 Å². The van der Waals surface area contributed by atoms with Crippen molar-refractivity contribution in [3.8, 4) is 5.75 Å². The summed E-state index contributed by atoms with van der Waals surface area (Å²) in [6.07, 6.45) is 0. The normalized spacial score (nSPS) is 9.62. The smallest absolute Gasteiger partial charge is 0.339 e. The fourth-order valence-electron chi connectivity index (χ4n) is 0.830. The van der Waals surface area contributed by atoms with Crippen LogP contribution in [0, 0.1) is 0 Å². The third-order valence-corrected chi connectivity index (χ3v) is 1.67. The zero-order chi connectivity index (χ0) is 10.0. The molecule has 1 rings (SSSR count). The molecule has 0 spiro atoms. The Bertz CT molecular complexity index is 372. The van der Waals surface area contributed by atoms with Crippen molar-refractivity contribution in [2.45, 2.75) is 0 Å². The molecule has 0 aliphatic rings. The Labute approximate surface area is 78.4 Å². The third kappa shape index (κ3) is 1.97. The van der Waals surface area contributed by atoms with E-state index in [1.54, 1.807) is 0 Å². The predicted octanol–water partition coefficient (Wildman–Crippen LogP) is 1.47. The second-order valence-electron chi connectivity index (χ2n) is 2.31. The number of aromatic hydroxyl groups is 1. The molecule has 0 aliphatic heterocycles. The lowest BCUT2D eigenvalue weighted by Gasteiger charge is -1.99. The van der Waals surface area contributed by atoms with Gasteiger partial charge >= 0.3 is 5.97 Å². The highest BCUT2D eigenvalue weighted by molar-refractivity contribution is 6.67. The summed E-state index contributed by atoms with van der Waals surface area (Å²) in [5.41, 5.74) is -0.302. The molecule has 68 valence electrons. The minimum atomic E-state index is -1.31. The topological polar surface area (TPSA) is 74.6 Å². The maximum atomic E-state index is 10.6. The highest BCUT2D eigenvalue weighted by Crippen LogP contribution is 2.19. The maximum absolute atomic E-state index is 10.6. The lowest BCUT2D eigenvalue weighted by molar-refractivity contribution is 0.0693. The molecule has 0 saturated carbocycles. The number of benzene rings is 1. The average molecular weight is 201 g/mol. The van der Waals surface area contributed by atoms with Crippen molar-refractivity contribution in [3.63, 3.8) is 0 Å². The van der Waals surface area contributed by atoms with Gasteiger partial charge in [0.1, 0.15) is 11.3 Å². The zero-order valence-electron chi connectivity index (χ0n) is 6.32. The number of carbonyl (C=O) groups excluding carboxylic acids is 1. The van der Waals surface area contributed by atoms with Crippen LogP contribution in [0.5, 0.6) is 5.75 Å². The maximum Gasteiger partial charge on any atom is 0.339 e. The predicted molar refractivity (Wildman–Crippen MR) is 45.2 cm³/mol. The molecule has 0 fully saturated rings. The van der Waals surface area contributed by atoms with Gasteiger partial charge in [0.2, 0.25) is 0 Å². The standard InChI is InChI=1S/C8H5ClO4/c9-7(11)4-1-2-6(10)5(3-4)8(12)13/h1-3,10H,(H,12,13). The third-order valence-electron chi connectivity index (χ3n) is 1.45. The van der Waals surface area contributed by atoms with Crippen molar-refractivity contribution in [2.24, 2.45) is 0 Å². The van der Waals surface area contributed by atoms with Crippen molar-refractivity contribution in [3.05, 3.63) is 29.3 Å². The van der Waals surface area contributed by atoms with E-state index >= 15 is 0 Å². The van der Waals surface area contributed by atoms with Crippen LogP contribution in [0.25, 0.3) is 0 Å². The van der Waals surface area contributed by atoms with E-state index in [-0.39, 0.29) is 11.1 Å². The fourth-order valence-corrected chi connectivity index (χ4v) is 0.947. The van der Waals surface area contributed by atoms with Crippen LogP contribution in [0.1, 0.15) is 20.7 Å². The average Bonchev–Trinajstić information content (AvgIpc) is 2.04. The van der Waals surface area contributed by atoms with Crippen molar-refractivity contribution in [1.29, 1.82) is 0 Å². The first-order valence-corrected chi connectivity index (χ1v) is 3.66. The minimum Gasteiger partial charge on any atom is -0.507 e. The monoisotopic (exact) mass is 200 g/mol. The van der Waals surface area contributed by atoms with Gasteiger partial charge in [0.05, 0.1) is 0 Å². The molecule has 0 heterocycles. The van der Waals surface area contributed by atoms with E-state index in [9.17, 15) is 9.59 Å². The molecule has 13 heavy (non-hydrogen) atoms. The van der Waals surface area contributed by atoms with Crippen LogP contribution in [0.4, 0.5) is 0 Å². The molecule has 0 aromatic heterocycles. The van der Waals surface area contributed by atoms with E-state index in [1.165, 1.54) is 6.07 Å². The molecule has 4 nitrogen and oxygen atoms in total. The first-order chi connectivity index (χ1) is 6.02. The summed E-state index contributed by atoms with van der Waals surface area (Å²) in [5, 5.41) is 16.8. The molecule has 5 heteroatoms. The van der Waals surface area contributed by atoms with Crippen molar-refractivity contribution < 1.29 is 19.8 Å². The number of hydrogen-bond acceptors (Lipinski definition) is 3. The Morgan fingerprint density at radius 3 is 2.38 bits per heavy atom. The van der Waals surface area contributed by atoms with Gasteiger partial charge < -0.3 is 10.2 Å². The molecule has 0 unspecified atom stereocenters. The van der Waals surface area contributed by atoms with Gasteiger partial charge in [-0.3, -0.25) is 4.79 Å². The SMILES string of the molecule is O=C(Cl)c1ccc(O)c(C(=O)O)c1. The summed E-state index contributed by atoms with van der Waals surface area (Å²) in [5.74, 6) is -1.70. The van der Waals surface area contributed by atoms with Crippen LogP contribution in [-0.2, 0) is 0 Å². The number of carboxylic acid groups (broad SMARTS) is 1. The van der Waals surface area contributed by atoms with Crippen LogP contribution in [0.2, 0.25) is 0 Å². The number of carboxylic acids is 1. The molecule has 0 aliphatic carbocycles. The molecule has 0 amide bonds. The molecule has 2 N–H and O–H groups in total. The van der Waals surface area contributed by atoms with E-state index in [0.717, 1.165) is 12.1 Å². The summed E-state index contributed by atoms with van der Waals surface area (Å²) < 4.78 is 0. The summed E-state index contributed by atoms with van der Waals surface area (Å²) in [4.78, 5) is 21.1. The molecule has 0 saturated heterocycles.